The van der Waals surface area contributed by atoms with E-state index in [0.29, 0.717) is 6.61 Å². The Morgan fingerprint density at radius 2 is 1.91 bits per heavy atom. The number of quaternary nitrogens is 1. The number of allylic oxidation sites excluding steroid dienone is 1. The van der Waals surface area contributed by atoms with Crippen molar-refractivity contribution in [3.8, 4) is 0 Å². The molecule has 0 spiro atoms. The maximum atomic E-state index is 12.2. The highest BCUT2D eigenvalue weighted by molar-refractivity contribution is 5.74. The molecular formula is C19H34NO2+. The summed E-state index contributed by atoms with van der Waals surface area (Å²) >= 11 is 0. The lowest BCUT2D eigenvalue weighted by Gasteiger charge is -2.37. The summed E-state index contributed by atoms with van der Waals surface area (Å²) in [5.41, 5.74) is 0. The Kier molecular flexibility index (Phi) is 6.49. The molecule has 3 unspecified atom stereocenters. The molecule has 22 heavy (non-hydrogen) atoms. The van der Waals surface area contributed by atoms with Gasteiger partial charge in [0.1, 0.15) is 13.2 Å². The highest BCUT2D eigenvalue weighted by Crippen LogP contribution is 2.47. The molecule has 2 aliphatic rings. The van der Waals surface area contributed by atoms with Crippen molar-refractivity contribution in [1.82, 2.24) is 0 Å². The molecule has 0 aromatic heterocycles. The zero-order valence-electron chi connectivity index (χ0n) is 14.7. The maximum Gasteiger partial charge on any atom is 0.313 e. The van der Waals surface area contributed by atoms with Crippen LogP contribution in [0.5, 0.6) is 0 Å². The van der Waals surface area contributed by atoms with E-state index in [4.69, 9.17) is 4.74 Å². The van der Waals surface area contributed by atoms with Gasteiger partial charge in [0.05, 0.1) is 25.6 Å². The molecule has 0 heterocycles. The molecule has 126 valence electrons. The molecule has 0 saturated heterocycles. The maximum absolute atomic E-state index is 12.2. The fraction of sp³-hybridized carbons (Fsp3) is 0.842. The van der Waals surface area contributed by atoms with Crippen molar-refractivity contribution in [2.24, 2.45) is 17.8 Å². The second kappa shape index (κ2) is 8.14. The lowest BCUT2D eigenvalue weighted by Crippen LogP contribution is -2.51. The average Bonchev–Trinajstić information content (AvgIpc) is 3.31. The van der Waals surface area contributed by atoms with Gasteiger partial charge in [-0.25, -0.2) is 0 Å². The molecule has 0 aromatic rings. The number of hydrogen-bond acceptors (Lipinski definition) is 2. The minimum Gasteiger partial charge on any atom is -0.459 e. The van der Waals surface area contributed by atoms with Crippen molar-refractivity contribution in [2.45, 2.75) is 52.9 Å². The molecule has 0 aliphatic heterocycles. The molecule has 0 bridgehead atoms. The smallest absolute Gasteiger partial charge is 0.313 e. The number of ether oxygens (including phenoxy) is 1. The van der Waals surface area contributed by atoms with Gasteiger partial charge in [-0.2, -0.15) is 0 Å². The van der Waals surface area contributed by atoms with Crippen molar-refractivity contribution < 1.29 is 14.0 Å². The van der Waals surface area contributed by atoms with Crippen LogP contribution in [-0.4, -0.2) is 43.2 Å². The Hall–Kier alpha value is -0.830. The summed E-state index contributed by atoms with van der Waals surface area (Å²) in [6, 6.07) is 0. The summed E-state index contributed by atoms with van der Waals surface area (Å²) in [6.45, 7) is 11.9. The van der Waals surface area contributed by atoms with Crippen LogP contribution < -0.4 is 0 Å². The summed E-state index contributed by atoms with van der Waals surface area (Å²) in [4.78, 5) is 12.2. The van der Waals surface area contributed by atoms with E-state index in [0.717, 1.165) is 35.8 Å². The van der Waals surface area contributed by atoms with Crippen LogP contribution in [0.15, 0.2) is 12.2 Å². The summed E-state index contributed by atoms with van der Waals surface area (Å²) < 4.78 is 6.73. The Bertz CT molecular complexity index is 393. The fourth-order valence-corrected chi connectivity index (χ4v) is 3.86. The predicted molar refractivity (Wildman–Crippen MR) is 90.4 cm³/mol. The summed E-state index contributed by atoms with van der Waals surface area (Å²) in [6.07, 6.45) is 10.3. The number of hydrogen-bond donors (Lipinski definition) is 0. The second-order valence-corrected chi connectivity index (χ2v) is 7.24. The van der Waals surface area contributed by atoms with Crippen LogP contribution in [0.4, 0.5) is 0 Å². The minimum absolute atomic E-state index is 0.00259. The van der Waals surface area contributed by atoms with E-state index in [1.54, 1.807) is 0 Å². The first-order chi connectivity index (χ1) is 10.6. The van der Waals surface area contributed by atoms with Crippen LogP contribution in [0, 0.1) is 17.8 Å². The SMILES string of the molecule is CCCC[N+](CC)(CCC)CCOC(=O)C1C=CC2C[C@H]2C1. The van der Waals surface area contributed by atoms with E-state index in [2.05, 4.69) is 32.9 Å². The Labute approximate surface area is 136 Å². The number of unbranched alkanes of at least 4 members (excludes halogenated alkanes) is 1. The highest BCUT2D eigenvalue weighted by atomic mass is 16.5. The van der Waals surface area contributed by atoms with Gasteiger partial charge >= 0.3 is 5.97 Å². The van der Waals surface area contributed by atoms with Crippen molar-refractivity contribution in [3.05, 3.63) is 12.2 Å². The number of rotatable bonds is 10. The van der Waals surface area contributed by atoms with Crippen LogP contribution in [-0.2, 0) is 9.53 Å². The van der Waals surface area contributed by atoms with Gasteiger partial charge in [-0.1, -0.05) is 32.4 Å². The van der Waals surface area contributed by atoms with Gasteiger partial charge in [-0.3, -0.25) is 4.79 Å². The van der Waals surface area contributed by atoms with Crippen LogP contribution in [0.1, 0.15) is 52.9 Å². The fourth-order valence-electron chi connectivity index (χ4n) is 3.86. The third-order valence-corrected chi connectivity index (χ3v) is 5.59. The lowest BCUT2D eigenvalue weighted by atomic mass is 9.96. The van der Waals surface area contributed by atoms with Gasteiger partial charge in [0.2, 0.25) is 0 Å². The average molecular weight is 308 g/mol. The van der Waals surface area contributed by atoms with Gasteiger partial charge in [0.25, 0.3) is 0 Å². The first-order valence-electron chi connectivity index (χ1n) is 9.34. The van der Waals surface area contributed by atoms with E-state index in [-0.39, 0.29) is 11.9 Å². The molecule has 1 saturated carbocycles. The quantitative estimate of drug-likeness (QED) is 0.349. The third kappa shape index (κ3) is 4.58. The monoisotopic (exact) mass is 308 g/mol. The van der Waals surface area contributed by atoms with Gasteiger partial charge in [-0.15, -0.1) is 0 Å². The number of esters is 1. The molecule has 0 amide bonds. The predicted octanol–water partition coefficient (Wildman–Crippen LogP) is 3.79. The van der Waals surface area contributed by atoms with E-state index in [1.807, 2.05) is 0 Å². The molecule has 3 nitrogen and oxygen atoms in total. The number of nitrogens with zero attached hydrogens (tertiary/aromatic N) is 1. The molecule has 3 heteroatoms. The topological polar surface area (TPSA) is 26.3 Å². The lowest BCUT2D eigenvalue weighted by molar-refractivity contribution is -0.927. The van der Waals surface area contributed by atoms with Gasteiger partial charge in [-0.05, 0) is 44.4 Å². The summed E-state index contributed by atoms with van der Waals surface area (Å²) in [5.74, 6) is 1.56. The molecular weight excluding hydrogens is 274 g/mol. The van der Waals surface area contributed by atoms with Crippen molar-refractivity contribution in [2.75, 3.05) is 32.8 Å². The van der Waals surface area contributed by atoms with Crippen LogP contribution in [0.25, 0.3) is 0 Å². The number of likely N-dealkylation sites (N-methyl/N-ethyl adjacent to an activating group) is 1. The first-order valence-corrected chi connectivity index (χ1v) is 9.34. The highest BCUT2D eigenvalue weighted by Gasteiger charge is 2.41. The molecule has 4 atom stereocenters. The normalized spacial score (nSPS) is 28.8. The van der Waals surface area contributed by atoms with E-state index < -0.39 is 0 Å². The number of fused-ring (bicyclic) bond motifs is 1. The zero-order valence-corrected chi connectivity index (χ0v) is 14.7. The molecule has 1 fully saturated rings. The van der Waals surface area contributed by atoms with Crippen molar-refractivity contribution in [3.63, 3.8) is 0 Å². The summed E-state index contributed by atoms with van der Waals surface area (Å²) in [5, 5.41) is 0. The van der Waals surface area contributed by atoms with Crippen LogP contribution >= 0.6 is 0 Å². The minimum atomic E-state index is 0.00259. The standard InChI is InChI=1S/C19H34NO2/c1-4-7-11-20(6-3,10-5-2)12-13-22-19(21)17-9-8-16-14-18(16)15-17/h8-9,16-18H,4-7,10-15H2,1-3H3/q+1/t16?,17?,18-,20?/m0/s1. The van der Waals surface area contributed by atoms with Gasteiger partial charge in [0, 0.05) is 0 Å². The largest absolute Gasteiger partial charge is 0.459 e. The Morgan fingerprint density at radius 3 is 2.55 bits per heavy atom. The van der Waals surface area contributed by atoms with E-state index in [9.17, 15) is 4.79 Å². The Morgan fingerprint density at radius 1 is 1.09 bits per heavy atom. The summed E-state index contributed by atoms with van der Waals surface area (Å²) in [7, 11) is 0. The Balaban J connectivity index is 1.77. The molecule has 2 aliphatic carbocycles. The van der Waals surface area contributed by atoms with Crippen molar-refractivity contribution >= 4 is 5.97 Å². The molecule has 0 radical (unpaired) electrons. The van der Waals surface area contributed by atoms with Gasteiger partial charge in [0.15, 0.2) is 0 Å². The van der Waals surface area contributed by atoms with Crippen LogP contribution in [0.2, 0.25) is 0 Å². The molecule has 0 N–H and O–H groups in total. The van der Waals surface area contributed by atoms with E-state index in [1.165, 1.54) is 38.8 Å². The number of carbonyl (C=O) groups excluding carboxylic acids is 1. The molecule has 0 aromatic carbocycles. The van der Waals surface area contributed by atoms with Gasteiger partial charge < -0.3 is 9.22 Å². The first kappa shape index (κ1) is 17.5. The molecule has 2 rings (SSSR count). The third-order valence-electron chi connectivity index (χ3n) is 5.59. The zero-order chi connectivity index (χ0) is 16.0. The van der Waals surface area contributed by atoms with Crippen LogP contribution in [0.3, 0.4) is 0 Å². The van der Waals surface area contributed by atoms with Crippen molar-refractivity contribution in [1.29, 1.82) is 0 Å². The second-order valence-electron chi connectivity index (χ2n) is 7.24. The van der Waals surface area contributed by atoms with E-state index >= 15 is 0 Å². The number of carbonyl (C=O) groups is 1.